The van der Waals surface area contributed by atoms with E-state index in [9.17, 15) is 0 Å². The SMILES string of the molecule is N#Cc1ccc(Br)cc1NCc1cc(Cl)cc(Cl)c1. The Kier molecular flexibility index (Phi) is 4.71. The highest BCUT2D eigenvalue weighted by Gasteiger charge is 2.03. The Bertz CT molecular complexity index is 630. The zero-order valence-electron chi connectivity index (χ0n) is 9.75. The van der Waals surface area contributed by atoms with Gasteiger partial charge in [0.2, 0.25) is 0 Å². The van der Waals surface area contributed by atoms with Crippen LogP contribution in [0, 0.1) is 11.3 Å². The first-order valence-electron chi connectivity index (χ1n) is 5.47. The number of hydrogen-bond acceptors (Lipinski definition) is 2. The summed E-state index contributed by atoms with van der Waals surface area (Å²) in [6, 6.07) is 13.0. The van der Waals surface area contributed by atoms with Gasteiger partial charge in [0, 0.05) is 21.1 Å². The lowest BCUT2D eigenvalue weighted by Crippen LogP contribution is -2.01. The summed E-state index contributed by atoms with van der Waals surface area (Å²) in [5, 5.41) is 13.4. The summed E-state index contributed by atoms with van der Waals surface area (Å²) in [5.41, 5.74) is 2.32. The minimum atomic E-state index is 0.547. The summed E-state index contributed by atoms with van der Waals surface area (Å²) in [4.78, 5) is 0. The van der Waals surface area contributed by atoms with E-state index in [-0.39, 0.29) is 0 Å². The number of nitriles is 1. The number of rotatable bonds is 3. The van der Waals surface area contributed by atoms with Gasteiger partial charge in [0.1, 0.15) is 6.07 Å². The Labute approximate surface area is 130 Å². The van der Waals surface area contributed by atoms with E-state index in [1.807, 2.05) is 24.3 Å². The van der Waals surface area contributed by atoms with Crippen molar-refractivity contribution in [2.45, 2.75) is 6.54 Å². The van der Waals surface area contributed by atoms with E-state index in [0.717, 1.165) is 15.7 Å². The maximum atomic E-state index is 9.05. The Morgan fingerprint density at radius 2 is 1.79 bits per heavy atom. The van der Waals surface area contributed by atoms with Gasteiger partial charge in [0.25, 0.3) is 0 Å². The molecule has 5 heteroatoms. The van der Waals surface area contributed by atoms with E-state index in [1.54, 1.807) is 12.1 Å². The predicted octanol–water partition coefficient (Wildman–Crippen LogP) is 5.24. The molecule has 0 bridgehead atoms. The smallest absolute Gasteiger partial charge is 0.101 e. The molecule has 0 saturated carbocycles. The van der Waals surface area contributed by atoms with Crippen LogP contribution in [0.4, 0.5) is 5.69 Å². The minimum Gasteiger partial charge on any atom is -0.380 e. The van der Waals surface area contributed by atoms with E-state index < -0.39 is 0 Å². The molecule has 2 rings (SSSR count). The Hall–Kier alpha value is -1.21. The van der Waals surface area contributed by atoms with Crippen LogP contribution in [0.2, 0.25) is 10.0 Å². The van der Waals surface area contributed by atoms with E-state index in [1.165, 1.54) is 0 Å². The highest BCUT2D eigenvalue weighted by Crippen LogP contribution is 2.23. The fourth-order valence-corrected chi connectivity index (χ4v) is 2.60. The Balaban J connectivity index is 2.19. The molecule has 0 saturated heterocycles. The van der Waals surface area contributed by atoms with Crippen LogP contribution in [0.15, 0.2) is 40.9 Å². The fourth-order valence-electron chi connectivity index (χ4n) is 1.67. The minimum absolute atomic E-state index is 0.547. The second-order valence-corrected chi connectivity index (χ2v) is 5.72. The van der Waals surface area contributed by atoms with Gasteiger partial charge in [0.15, 0.2) is 0 Å². The van der Waals surface area contributed by atoms with Crippen molar-refractivity contribution in [1.82, 2.24) is 0 Å². The Morgan fingerprint density at radius 1 is 1.11 bits per heavy atom. The zero-order valence-corrected chi connectivity index (χ0v) is 12.9. The summed E-state index contributed by atoms with van der Waals surface area (Å²) >= 11 is 15.3. The molecule has 0 aliphatic rings. The number of anilines is 1. The first-order valence-corrected chi connectivity index (χ1v) is 7.02. The van der Waals surface area contributed by atoms with Crippen LogP contribution in [0.1, 0.15) is 11.1 Å². The molecule has 0 spiro atoms. The summed E-state index contributed by atoms with van der Waals surface area (Å²) in [5.74, 6) is 0. The van der Waals surface area contributed by atoms with Gasteiger partial charge in [-0.15, -0.1) is 0 Å². The summed E-state index contributed by atoms with van der Waals surface area (Å²) in [7, 11) is 0. The first-order chi connectivity index (χ1) is 9.08. The summed E-state index contributed by atoms with van der Waals surface area (Å²) in [6.45, 7) is 0.547. The van der Waals surface area contributed by atoms with Gasteiger partial charge in [0.05, 0.1) is 11.3 Å². The molecule has 2 nitrogen and oxygen atoms in total. The standard InChI is InChI=1S/C14H9BrCl2N2/c15-11-2-1-10(7-18)14(5-11)19-8-9-3-12(16)6-13(17)4-9/h1-6,19H,8H2. The van der Waals surface area contributed by atoms with Crippen LogP contribution < -0.4 is 5.32 Å². The molecule has 0 amide bonds. The van der Waals surface area contributed by atoms with Crippen LogP contribution >= 0.6 is 39.1 Å². The number of halogens is 3. The van der Waals surface area contributed by atoms with Crippen LogP contribution in [-0.2, 0) is 6.54 Å². The van der Waals surface area contributed by atoms with Crippen LogP contribution in [-0.4, -0.2) is 0 Å². The number of nitrogens with zero attached hydrogens (tertiary/aromatic N) is 1. The molecular weight excluding hydrogens is 347 g/mol. The molecule has 2 aromatic rings. The lowest BCUT2D eigenvalue weighted by molar-refractivity contribution is 1.14. The molecule has 0 aromatic heterocycles. The monoisotopic (exact) mass is 354 g/mol. The lowest BCUT2D eigenvalue weighted by Gasteiger charge is -2.09. The number of nitrogens with one attached hydrogen (secondary N) is 1. The lowest BCUT2D eigenvalue weighted by atomic mass is 10.1. The average molecular weight is 356 g/mol. The largest absolute Gasteiger partial charge is 0.380 e. The van der Waals surface area contributed by atoms with E-state index in [2.05, 4.69) is 27.3 Å². The third kappa shape index (κ3) is 3.87. The van der Waals surface area contributed by atoms with Gasteiger partial charge in [-0.1, -0.05) is 39.1 Å². The van der Waals surface area contributed by atoms with Gasteiger partial charge < -0.3 is 5.32 Å². The maximum Gasteiger partial charge on any atom is 0.101 e. The van der Waals surface area contributed by atoms with Gasteiger partial charge >= 0.3 is 0 Å². The van der Waals surface area contributed by atoms with Gasteiger partial charge in [-0.05, 0) is 42.0 Å². The fraction of sp³-hybridized carbons (Fsp3) is 0.0714. The zero-order chi connectivity index (χ0) is 13.8. The van der Waals surface area contributed by atoms with Crippen molar-refractivity contribution in [2.24, 2.45) is 0 Å². The molecule has 0 fully saturated rings. The molecule has 1 N–H and O–H groups in total. The molecule has 0 atom stereocenters. The van der Waals surface area contributed by atoms with Gasteiger partial charge in [-0.2, -0.15) is 5.26 Å². The first kappa shape index (κ1) is 14.2. The van der Waals surface area contributed by atoms with Crippen molar-refractivity contribution in [3.63, 3.8) is 0 Å². The van der Waals surface area contributed by atoms with Crippen LogP contribution in [0.3, 0.4) is 0 Å². The molecule has 0 heterocycles. The predicted molar refractivity (Wildman–Crippen MR) is 82.6 cm³/mol. The second-order valence-electron chi connectivity index (χ2n) is 3.93. The van der Waals surface area contributed by atoms with Crippen LogP contribution in [0.25, 0.3) is 0 Å². The highest BCUT2D eigenvalue weighted by molar-refractivity contribution is 9.10. The molecule has 0 radical (unpaired) electrons. The van der Waals surface area contributed by atoms with Crippen molar-refractivity contribution in [3.05, 3.63) is 62.0 Å². The average Bonchev–Trinajstić information content (AvgIpc) is 2.35. The van der Waals surface area contributed by atoms with Gasteiger partial charge in [-0.25, -0.2) is 0 Å². The van der Waals surface area contributed by atoms with Crippen molar-refractivity contribution in [2.75, 3.05) is 5.32 Å². The molecular formula is C14H9BrCl2N2. The van der Waals surface area contributed by atoms with E-state index >= 15 is 0 Å². The molecule has 19 heavy (non-hydrogen) atoms. The number of hydrogen-bond donors (Lipinski definition) is 1. The molecule has 2 aromatic carbocycles. The quantitative estimate of drug-likeness (QED) is 0.817. The van der Waals surface area contributed by atoms with Crippen LogP contribution in [0.5, 0.6) is 0 Å². The number of benzene rings is 2. The van der Waals surface area contributed by atoms with Crippen molar-refractivity contribution >= 4 is 44.8 Å². The maximum absolute atomic E-state index is 9.05. The van der Waals surface area contributed by atoms with Crippen molar-refractivity contribution in [1.29, 1.82) is 5.26 Å². The van der Waals surface area contributed by atoms with Gasteiger partial charge in [-0.3, -0.25) is 0 Å². The third-order valence-electron chi connectivity index (χ3n) is 2.51. The van der Waals surface area contributed by atoms with Crippen molar-refractivity contribution in [3.8, 4) is 6.07 Å². The third-order valence-corrected chi connectivity index (χ3v) is 3.44. The van der Waals surface area contributed by atoms with E-state index in [4.69, 9.17) is 28.5 Å². The molecule has 0 aliphatic heterocycles. The molecule has 96 valence electrons. The summed E-state index contributed by atoms with van der Waals surface area (Å²) in [6.07, 6.45) is 0. The second kappa shape index (κ2) is 6.29. The topological polar surface area (TPSA) is 35.8 Å². The van der Waals surface area contributed by atoms with E-state index in [0.29, 0.717) is 22.2 Å². The summed E-state index contributed by atoms with van der Waals surface area (Å²) < 4.78 is 0.915. The molecule has 0 aliphatic carbocycles. The highest BCUT2D eigenvalue weighted by atomic mass is 79.9. The van der Waals surface area contributed by atoms with Crippen molar-refractivity contribution < 1.29 is 0 Å². The molecule has 0 unspecified atom stereocenters. The normalized spacial score (nSPS) is 10.0. The Morgan fingerprint density at radius 3 is 2.42 bits per heavy atom.